The number of carbonyl (C=O) groups excluding carboxylic acids is 1. The Hall–Kier alpha value is -0.480. The van der Waals surface area contributed by atoms with Gasteiger partial charge in [0.05, 0.1) is 27.3 Å². The highest BCUT2D eigenvalue weighted by atomic mass is 31.1. The smallest absolute Gasteiger partial charge is 0.194 e. The first-order valence-electron chi connectivity index (χ1n) is 5.47. The maximum absolute atomic E-state index is 11.5. The van der Waals surface area contributed by atoms with Crippen LogP contribution in [-0.2, 0) is 13.9 Å². The Labute approximate surface area is 104 Å². The lowest BCUT2D eigenvalue weighted by Crippen LogP contribution is -2.37. The number of ketones is 1. The van der Waals surface area contributed by atoms with Gasteiger partial charge in [0, 0.05) is 0 Å². The van der Waals surface area contributed by atoms with Gasteiger partial charge < -0.3 is 14.1 Å². The van der Waals surface area contributed by atoms with Crippen molar-refractivity contribution in [3.63, 3.8) is 0 Å². The molecule has 2 atom stereocenters. The van der Waals surface area contributed by atoms with E-state index in [0.717, 1.165) is 6.54 Å². The molecule has 0 aromatic carbocycles. The number of carbonyl (C=O) groups is 1. The zero-order valence-electron chi connectivity index (χ0n) is 11.0. The summed E-state index contributed by atoms with van der Waals surface area (Å²) in [4.78, 5) is 11.3. The molecule has 17 heavy (non-hydrogen) atoms. The van der Waals surface area contributed by atoms with Gasteiger partial charge in [0.15, 0.2) is 13.8 Å². The molecule has 0 amide bonds. The lowest BCUT2D eigenvalue weighted by Gasteiger charge is -2.23. The van der Waals surface area contributed by atoms with Crippen molar-refractivity contribution in [1.82, 2.24) is 0 Å². The number of hydrogen-bond donors (Lipinski definition) is 1. The second-order valence-electron chi connectivity index (χ2n) is 5.10. The van der Waals surface area contributed by atoms with E-state index < -0.39 is 19.9 Å². The molecule has 0 fully saturated rings. The Balaban J connectivity index is 3.95. The highest BCUT2D eigenvalue weighted by molar-refractivity contribution is 7.39. The van der Waals surface area contributed by atoms with Crippen LogP contribution in [0.25, 0.3) is 0 Å². The van der Waals surface area contributed by atoms with Crippen LogP contribution < -0.4 is 0 Å². The normalized spacial score (nSPS) is 15.4. The molecule has 1 N–H and O–H groups in total. The SMILES string of the molecule is C=C(C)C(=O)C(O)C[PH](=O)OCC[N+](C)(C)C. The van der Waals surface area contributed by atoms with E-state index in [1.54, 1.807) is 0 Å². The van der Waals surface area contributed by atoms with Crippen molar-refractivity contribution in [2.24, 2.45) is 0 Å². The van der Waals surface area contributed by atoms with Gasteiger partial charge >= 0.3 is 0 Å². The molecule has 100 valence electrons. The number of hydrogen-bond acceptors (Lipinski definition) is 4. The maximum atomic E-state index is 11.5. The molecule has 0 saturated heterocycles. The lowest BCUT2D eigenvalue weighted by atomic mass is 10.1. The number of likely N-dealkylation sites (N-methyl/N-ethyl adjacent to an activating group) is 1. The van der Waals surface area contributed by atoms with E-state index in [1.165, 1.54) is 6.92 Å². The summed E-state index contributed by atoms with van der Waals surface area (Å²) in [6.07, 6.45) is -1.39. The van der Waals surface area contributed by atoms with E-state index in [2.05, 4.69) is 6.58 Å². The lowest BCUT2D eigenvalue weighted by molar-refractivity contribution is -0.870. The molecule has 0 aromatic rings. The summed E-state index contributed by atoms with van der Waals surface area (Å²) in [6.45, 7) is 6.03. The van der Waals surface area contributed by atoms with Crippen molar-refractivity contribution in [2.75, 3.05) is 40.5 Å². The van der Waals surface area contributed by atoms with Crippen molar-refractivity contribution in [3.05, 3.63) is 12.2 Å². The molecule has 0 heterocycles. The first-order chi connectivity index (χ1) is 7.63. The molecule has 0 aliphatic rings. The molecule has 0 aliphatic carbocycles. The molecule has 0 spiro atoms. The second-order valence-corrected chi connectivity index (χ2v) is 6.54. The fraction of sp³-hybridized carbons (Fsp3) is 0.727. The average Bonchev–Trinajstić information content (AvgIpc) is 2.13. The quantitative estimate of drug-likeness (QED) is 0.398. The minimum Gasteiger partial charge on any atom is -0.384 e. The molecule has 0 bridgehead atoms. The summed E-state index contributed by atoms with van der Waals surface area (Å²) in [5.74, 6) is -0.474. The minimum absolute atomic E-state index is 0.131. The Kier molecular flexibility index (Phi) is 6.87. The molecule has 2 unspecified atom stereocenters. The summed E-state index contributed by atoms with van der Waals surface area (Å²) >= 11 is 0. The third kappa shape index (κ3) is 8.27. The monoisotopic (exact) mass is 264 g/mol. The topological polar surface area (TPSA) is 63.6 Å². The predicted molar refractivity (Wildman–Crippen MR) is 68.5 cm³/mol. The number of aliphatic hydroxyl groups excluding tert-OH is 1. The van der Waals surface area contributed by atoms with E-state index in [9.17, 15) is 14.5 Å². The van der Waals surface area contributed by atoms with Crippen molar-refractivity contribution in [3.8, 4) is 0 Å². The zero-order chi connectivity index (χ0) is 13.6. The fourth-order valence-electron chi connectivity index (χ4n) is 1.03. The molecular weight excluding hydrogens is 241 g/mol. The van der Waals surface area contributed by atoms with Gasteiger partial charge in [-0.25, -0.2) is 0 Å². The predicted octanol–water partition coefficient (Wildman–Crippen LogP) is 0.690. The Morgan fingerprint density at radius 3 is 2.41 bits per heavy atom. The van der Waals surface area contributed by atoms with Gasteiger partial charge in [0.25, 0.3) is 0 Å². The van der Waals surface area contributed by atoms with E-state index >= 15 is 0 Å². The molecule has 0 saturated carbocycles. The van der Waals surface area contributed by atoms with Gasteiger partial charge in [-0.2, -0.15) is 0 Å². The van der Waals surface area contributed by atoms with Crippen LogP contribution >= 0.6 is 8.03 Å². The van der Waals surface area contributed by atoms with Crippen LogP contribution in [-0.4, -0.2) is 61.9 Å². The van der Waals surface area contributed by atoms with Gasteiger partial charge in [-0.3, -0.25) is 9.36 Å². The largest absolute Gasteiger partial charge is 0.384 e. The van der Waals surface area contributed by atoms with E-state index in [-0.39, 0.29) is 11.7 Å². The van der Waals surface area contributed by atoms with Crippen LogP contribution in [0.4, 0.5) is 0 Å². The Morgan fingerprint density at radius 1 is 1.47 bits per heavy atom. The first-order valence-corrected chi connectivity index (χ1v) is 6.99. The number of nitrogens with zero attached hydrogens (tertiary/aromatic N) is 1. The third-order valence-electron chi connectivity index (χ3n) is 2.11. The van der Waals surface area contributed by atoms with Gasteiger partial charge in [0.2, 0.25) is 0 Å². The molecule has 6 heteroatoms. The van der Waals surface area contributed by atoms with Gasteiger partial charge in [-0.15, -0.1) is 0 Å². The summed E-state index contributed by atoms with van der Waals surface area (Å²) in [5.41, 5.74) is 0.263. The highest BCUT2D eigenvalue weighted by Crippen LogP contribution is 2.23. The number of aliphatic hydroxyl groups is 1. The van der Waals surface area contributed by atoms with Crippen molar-refractivity contribution >= 4 is 13.8 Å². The summed E-state index contributed by atoms with van der Waals surface area (Å²) in [7, 11) is 3.64. The molecular formula is C11H23NO4P+. The standard InChI is InChI=1S/C11H23NO4P/c1-9(2)11(14)10(13)8-17(15)16-7-6-12(3,4)5/h10,13,17H,1,6-8H2,2-5H3/q+1. The third-order valence-corrected chi connectivity index (χ3v) is 3.35. The van der Waals surface area contributed by atoms with E-state index in [1.807, 2.05) is 21.1 Å². The van der Waals surface area contributed by atoms with Crippen LogP contribution in [0.5, 0.6) is 0 Å². The minimum atomic E-state index is -2.36. The number of quaternary nitrogens is 1. The molecule has 0 aromatic heterocycles. The first kappa shape index (κ1) is 16.5. The van der Waals surface area contributed by atoms with Crippen LogP contribution in [0.3, 0.4) is 0 Å². The van der Waals surface area contributed by atoms with Gasteiger partial charge in [-0.05, 0) is 12.5 Å². The molecule has 0 rings (SSSR count). The summed E-state index contributed by atoms with van der Waals surface area (Å²) < 4.78 is 17.3. The van der Waals surface area contributed by atoms with Crippen LogP contribution in [0, 0.1) is 0 Å². The van der Waals surface area contributed by atoms with E-state index in [4.69, 9.17) is 4.52 Å². The maximum Gasteiger partial charge on any atom is 0.194 e. The number of Topliss-reactive ketones (excluding diaryl/α,β-unsaturated/α-hetero) is 1. The summed E-state index contributed by atoms with van der Waals surface area (Å²) in [5, 5.41) is 9.45. The Morgan fingerprint density at radius 2 is 2.00 bits per heavy atom. The van der Waals surface area contributed by atoms with Crippen LogP contribution in [0.15, 0.2) is 12.2 Å². The highest BCUT2D eigenvalue weighted by Gasteiger charge is 2.19. The average molecular weight is 264 g/mol. The van der Waals surface area contributed by atoms with E-state index in [0.29, 0.717) is 11.1 Å². The van der Waals surface area contributed by atoms with Gasteiger partial charge in [-0.1, -0.05) is 6.58 Å². The zero-order valence-corrected chi connectivity index (χ0v) is 12.0. The van der Waals surface area contributed by atoms with Crippen LogP contribution in [0.2, 0.25) is 0 Å². The van der Waals surface area contributed by atoms with Crippen molar-refractivity contribution < 1.29 is 23.5 Å². The molecule has 5 nitrogen and oxygen atoms in total. The van der Waals surface area contributed by atoms with Crippen molar-refractivity contribution in [1.29, 1.82) is 0 Å². The fourth-order valence-corrected chi connectivity index (χ4v) is 1.97. The van der Waals surface area contributed by atoms with Crippen molar-refractivity contribution in [2.45, 2.75) is 13.0 Å². The van der Waals surface area contributed by atoms with Gasteiger partial charge in [0.1, 0.15) is 19.3 Å². The van der Waals surface area contributed by atoms with Crippen LogP contribution in [0.1, 0.15) is 6.92 Å². The molecule has 0 aliphatic heterocycles. The summed E-state index contributed by atoms with van der Waals surface area (Å²) in [6, 6.07) is 0. The number of rotatable bonds is 8. The molecule has 0 radical (unpaired) electrons. The Bertz CT molecular complexity index is 309. The second kappa shape index (κ2) is 7.07.